The van der Waals surface area contributed by atoms with Crippen molar-refractivity contribution in [3.05, 3.63) is 28.3 Å². The number of fused-ring (bicyclic) bond motifs is 1. The van der Waals surface area contributed by atoms with Gasteiger partial charge in [0.25, 0.3) is 11.7 Å². The van der Waals surface area contributed by atoms with E-state index < -0.39 is 11.0 Å². The minimum Gasteiger partial charge on any atom is -0.423 e. The van der Waals surface area contributed by atoms with Gasteiger partial charge in [0.1, 0.15) is 0 Å². The number of nitro benzene ring substituents is 1. The second-order valence-corrected chi connectivity index (χ2v) is 5.00. The lowest BCUT2D eigenvalue weighted by Crippen LogP contribution is -2.36. The third-order valence-electron chi connectivity index (χ3n) is 3.63. The average Bonchev–Trinajstić information content (AvgIpc) is 2.83. The second kappa shape index (κ2) is 5.09. The number of benzene rings is 1. The summed E-state index contributed by atoms with van der Waals surface area (Å²) in [7, 11) is 0. The van der Waals surface area contributed by atoms with Crippen molar-refractivity contribution in [3.63, 3.8) is 0 Å². The molecule has 1 aromatic carbocycles. The van der Waals surface area contributed by atoms with Crippen LogP contribution in [0.2, 0.25) is 0 Å². The monoisotopic (exact) mass is 277 g/mol. The number of nitro groups is 1. The molecule has 0 aliphatic heterocycles. The summed E-state index contributed by atoms with van der Waals surface area (Å²) >= 11 is 0. The molecule has 106 valence electrons. The highest BCUT2D eigenvalue weighted by Gasteiger charge is 2.25. The van der Waals surface area contributed by atoms with Crippen LogP contribution in [0.1, 0.15) is 25.7 Å². The Morgan fingerprint density at radius 3 is 2.95 bits per heavy atom. The summed E-state index contributed by atoms with van der Waals surface area (Å²) in [6.45, 7) is 0. The van der Waals surface area contributed by atoms with E-state index >= 15 is 0 Å². The highest BCUT2D eigenvalue weighted by Crippen LogP contribution is 2.29. The topological polar surface area (TPSA) is 101 Å². The SMILES string of the molecule is O=[N+]([O-])c1cccc2oc(NC3CCCCC3O)nc12. The highest BCUT2D eigenvalue weighted by molar-refractivity contribution is 5.84. The normalized spacial score (nSPS) is 22.9. The van der Waals surface area contributed by atoms with E-state index in [9.17, 15) is 15.2 Å². The van der Waals surface area contributed by atoms with Gasteiger partial charge in [0, 0.05) is 6.07 Å². The predicted molar refractivity (Wildman–Crippen MR) is 72.5 cm³/mol. The molecule has 7 nitrogen and oxygen atoms in total. The summed E-state index contributed by atoms with van der Waals surface area (Å²) in [5, 5.41) is 23.9. The molecule has 1 saturated carbocycles. The van der Waals surface area contributed by atoms with E-state index in [1.54, 1.807) is 12.1 Å². The smallest absolute Gasteiger partial charge is 0.298 e. The molecule has 2 N–H and O–H groups in total. The summed E-state index contributed by atoms with van der Waals surface area (Å²) in [6.07, 6.45) is 3.20. The molecule has 1 aromatic heterocycles. The molecule has 0 amide bonds. The molecule has 1 heterocycles. The molecule has 0 spiro atoms. The quantitative estimate of drug-likeness (QED) is 0.660. The lowest BCUT2D eigenvalue weighted by Gasteiger charge is -2.27. The van der Waals surface area contributed by atoms with Crippen LogP contribution in [0.5, 0.6) is 0 Å². The molecule has 1 aliphatic rings. The first-order valence-electron chi connectivity index (χ1n) is 6.63. The number of nitrogens with one attached hydrogen (secondary N) is 1. The maximum Gasteiger partial charge on any atom is 0.298 e. The van der Waals surface area contributed by atoms with E-state index in [0.29, 0.717) is 5.58 Å². The maximum atomic E-state index is 10.9. The van der Waals surface area contributed by atoms with Gasteiger partial charge in [-0.15, -0.1) is 0 Å². The Hall–Kier alpha value is -2.15. The number of non-ortho nitro benzene ring substituents is 1. The molecule has 3 rings (SSSR count). The molecule has 0 saturated heterocycles. The number of aromatic nitrogens is 1. The lowest BCUT2D eigenvalue weighted by atomic mass is 9.93. The Labute approximate surface area is 114 Å². The van der Waals surface area contributed by atoms with Crippen molar-refractivity contribution in [3.8, 4) is 0 Å². The first kappa shape index (κ1) is 12.9. The van der Waals surface area contributed by atoms with Gasteiger partial charge in [-0.1, -0.05) is 18.9 Å². The van der Waals surface area contributed by atoms with Crippen molar-refractivity contribution in [2.45, 2.75) is 37.8 Å². The molecule has 1 aliphatic carbocycles. The van der Waals surface area contributed by atoms with E-state index in [1.165, 1.54) is 6.07 Å². The van der Waals surface area contributed by atoms with Crippen molar-refractivity contribution >= 4 is 22.8 Å². The number of nitrogens with zero attached hydrogens (tertiary/aromatic N) is 2. The predicted octanol–water partition coefficient (Wildman–Crippen LogP) is 2.45. The molecule has 7 heteroatoms. The van der Waals surface area contributed by atoms with Crippen LogP contribution < -0.4 is 5.32 Å². The summed E-state index contributed by atoms with van der Waals surface area (Å²) in [6, 6.07) is 4.70. The molecule has 0 bridgehead atoms. The van der Waals surface area contributed by atoms with Crippen LogP contribution in [0, 0.1) is 10.1 Å². The van der Waals surface area contributed by atoms with Crippen molar-refractivity contribution in [1.29, 1.82) is 0 Å². The lowest BCUT2D eigenvalue weighted by molar-refractivity contribution is -0.383. The van der Waals surface area contributed by atoms with Crippen molar-refractivity contribution in [1.82, 2.24) is 4.98 Å². The summed E-state index contributed by atoms with van der Waals surface area (Å²) in [4.78, 5) is 14.6. The minimum atomic E-state index is -0.482. The van der Waals surface area contributed by atoms with Crippen LogP contribution in [0.15, 0.2) is 22.6 Å². The first-order valence-corrected chi connectivity index (χ1v) is 6.63. The van der Waals surface area contributed by atoms with Gasteiger partial charge in [0.2, 0.25) is 0 Å². The average molecular weight is 277 g/mol. The van der Waals surface area contributed by atoms with Crippen molar-refractivity contribution < 1.29 is 14.4 Å². The molecule has 20 heavy (non-hydrogen) atoms. The van der Waals surface area contributed by atoms with Crippen molar-refractivity contribution in [2.24, 2.45) is 0 Å². The van der Waals surface area contributed by atoms with Crippen LogP contribution in [0.3, 0.4) is 0 Å². The number of aliphatic hydroxyl groups excluding tert-OH is 1. The Balaban J connectivity index is 1.89. The van der Waals surface area contributed by atoms with E-state index in [2.05, 4.69) is 10.3 Å². The van der Waals surface area contributed by atoms with E-state index in [0.717, 1.165) is 25.7 Å². The van der Waals surface area contributed by atoms with E-state index in [4.69, 9.17) is 4.42 Å². The fourth-order valence-corrected chi connectivity index (χ4v) is 2.58. The van der Waals surface area contributed by atoms with E-state index in [1.807, 2.05) is 0 Å². The first-order chi connectivity index (χ1) is 9.65. The number of oxazole rings is 1. The highest BCUT2D eigenvalue weighted by atomic mass is 16.6. The van der Waals surface area contributed by atoms with Gasteiger partial charge in [0.05, 0.1) is 17.1 Å². The zero-order valence-corrected chi connectivity index (χ0v) is 10.8. The third-order valence-corrected chi connectivity index (χ3v) is 3.63. The Kier molecular flexibility index (Phi) is 3.27. The van der Waals surface area contributed by atoms with Gasteiger partial charge >= 0.3 is 0 Å². The number of para-hydroxylation sites is 1. The Morgan fingerprint density at radius 1 is 1.40 bits per heavy atom. The fraction of sp³-hybridized carbons (Fsp3) is 0.462. The molecular weight excluding hydrogens is 262 g/mol. The van der Waals surface area contributed by atoms with Gasteiger partial charge < -0.3 is 14.8 Å². The van der Waals surface area contributed by atoms with Gasteiger partial charge in [-0.05, 0) is 18.9 Å². The summed E-state index contributed by atoms with van der Waals surface area (Å²) in [5.74, 6) is 0. The largest absolute Gasteiger partial charge is 0.423 e. The maximum absolute atomic E-state index is 10.9. The third kappa shape index (κ3) is 2.32. The van der Waals surface area contributed by atoms with Crippen LogP contribution in [0.25, 0.3) is 11.1 Å². The van der Waals surface area contributed by atoms with Crippen LogP contribution in [-0.4, -0.2) is 27.2 Å². The van der Waals surface area contributed by atoms with Gasteiger partial charge in [0.15, 0.2) is 11.1 Å². The van der Waals surface area contributed by atoms with Crippen LogP contribution >= 0.6 is 0 Å². The fourth-order valence-electron chi connectivity index (χ4n) is 2.58. The molecule has 2 atom stereocenters. The number of rotatable bonds is 3. The zero-order chi connectivity index (χ0) is 14.1. The molecule has 0 radical (unpaired) electrons. The molecule has 1 fully saturated rings. The second-order valence-electron chi connectivity index (χ2n) is 5.00. The van der Waals surface area contributed by atoms with Crippen LogP contribution in [0.4, 0.5) is 11.7 Å². The Morgan fingerprint density at radius 2 is 2.20 bits per heavy atom. The molecule has 2 unspecified atom stereocenters. The minimum absolute atomic E-state index is 0.0801. The van der Waals surface area contributed by atoms with Gasteiger partial charge in [-0.2, -0.15) is 4.98 Å². The molecule has 2 aromatic rings. The standard InChI is InChI=1S/C13H15N3O4/c17-10-6-2-1-4-8(10)14-13-15-12-9(16(18)19)5-3-7-11(12)20-13/h3,5,7-8,10,17H,1-2,4,6H2,(H,14,15). The van der Waals surface area contributed by atoms with Crippen LogP contribution in [-0.2, 0) is 0 Å². The number of hydrogen-bond acceptors (Lipinski definition) is 6. The Bertz CT molecular complexity index is 640. The summed E-state index contributed by atoms with van der Waals surface area (Å²) in [5.41, 5.74) is 0.515. The van der Waals surface area contributed by atoms with E-state index in [-0.39, 0.29) is 23.3 Å². The van der Waals surface area contributed by atoms with Gasteiger partial charge in [-0.25, -0.2) is 0 Å². The molecular formula is C13H15N3O4. The number of hydrogen-bond donors (Lipinski definition) is 2. The summed E-state index contributed by atoms with van der Waals surface area (Å²) < 4.78 is 5.47. The number of aliphatic hydroxyl groups is 1. The van der Waals surface area contributed by atoms with Gasteiger partial charge in [-0.3, -0.25) is 10.1 Å². The number of anilines is 1. The zero-order valence-electron chi connectivity index (χ0n) is 10.8. The van der Waals surface area contributed by atoms with Crippen molar-refractivity contribution in [2.75, 3.05) is 5.32 Å².